The fourth-order valence-corrected chi connectivity index (χ4v) is 6.86. The van der Waals surface area contributed by atoms with Crippen LogP contribution in [0.2, 0.25) is 0 Å². The Labute approximate surface area is 206 Å². The molecule has 0 radical (unpaired) electrons. The molecule has 10 heteroatoms. The van der Waals surface area contributed by atoms with Gasteiger partial charge in [0.2, 0.25) is 10.0 Å². The number of ether oxygens (including phenoxy) is 2. The highest BCUT2D eigenvalue weighted by Gasteiger charge is 2.29. The van der Waals surface area contributed by atoms with E-state index in [9.17, 15) is 13.2 Å². The Kier molecular flexibility index (Phi) is 8.26. The molecule has 0 spiro atoms. The lowest BCUT2D eigenvalue weighted by molar-refractivity contribution is 0.109. The molecular weight excluding hydrogens is 474 g/mol. The first kappa shape index (κ1) is 26.4. The second-order valence-electron chi connectivity index (χ2n) is 9.93. The highest BCUT2D eigenvalue weighted by molar-refractivity contribution is 7.89. The molecule has 2 N–H and O–H groups in total. The lowest BCUT2D eigenvalue weighted by Crippen LogP contribution is -2.40. The van der Waals surface area contributed by atoms with Crippen LogP contribution >= 0.6 is 11.3 Å². The number of alkyl carbamates (subject to hydrolysis) is 1. The minimum absolute atomic E-state index is 0.101. The molecule has 1 amide bonds. The number of amides is 1. The van der Waals surface area contributed by atoms with Gasteiger partial charge in [-0.25, -0.2) is 22.9 Å². The van der Waals surface area contributed by atoms with Crippen LogP contribution in [0.25, 0.3) is 10.4 Å². The quantitative estimate of drug-likeness (QED) is 0.541. The van der Waals surface area contributed by atoms with Gasteiger partial charge in [0.05, 0.1) is 28.0 Å². The fraction of sp³-hybridized carbons (Fsp3) is 0.583. The molecule has 0 aliphatic heterocycles. The zero-order valence-corrected chi connectivity index (χ0v) is 22.3. The smallest absolute Gasteiger partial charge is 0.407 e. The van der Waals surface area contributed by atoms with Crippen LogP contribution in [0, 0.1) is 0 Å². The van der Waals surface area contributed by atoms with Crippen LogP contribution in [-0.2, 0) is 14.8 Å². The number of hydrogen-bond acceptors (Lipinski definition) is 7. The van der Waals surface area contributed by atoms with Crippen LogP contribution in [-0.4, -0.2) is 44.3 Å². The molecule has 1 aliphatic rings. The maximum Gasteiger partial charge on any atom is 0.407 e. The van der Waals surface area contributed by atoms with Crippen LogP contribution in [0.1, 0.15) is 71.2 Å². The third-order valence-corrected chi connectivity index (χ3v) is 8.44. The summed E-state index contributed by atoms with van der Waals surface area (Å²) in [5.41, 5.74) is -0.0140. The van der Waals surface area contributed by atoms with E-state index in [2.05, 4.69) is 15.0 Å². The van der Waals surface area contributed by atoms with E-state index in [1.54, 1.807) is 24.4 Å². The average molecular weight is 510 g/mol. The molecule has 1 aliphatic carbocycles. The van der Waals surface area contributed by atoms with Gasteiger partial charge in [-0.3, -0.25) is 0 Å². The molecule has 2 aromatic rings. The molecule has 1 saturated carbocycles. The third kappa shape index (κ3) is 6.93. The minimum atomic E-state index is -3.78. The van der Waals surface area contributed by atoms with Crippen molar-refractivity contribution in [1.82, 2.24) is 15.0 Å². The molecule has 1 aromatic heterocycles. The highest BCUT2D eigenvalue weighted by Crippen LogP contribution is 2.40. The van der Waals surface area contributed by atoms with Crippen LogP contribution in [0.15, 0.2) is 29.3 Å². The second-order valence-corrected chi connectivity index (χ2v) is 12.6. The predicted octanol–water partition coefficient (Wildman–Crippen LogP) is 5.06. The molecule has 0 saturated heterocycles. The maximum absolute atomic E-state index is 13.2. The summed E-state index contributed by atoms with van der Waals surface area (Å²) in [6, 6.07) is 5.19. The van der Waals surface area contributed by atoms with Gasteiger partial charge in [-0.05, 0) is 72.4 Å². The maximum atomic E-state index is 13.2. The Morgan fingerprint density at radius 2 is 1.85 bits per heavy atom. The van der Waals surface area contributed by atoms with E-state index in [-0.39, 0.29) is 29.1 Å². The molecule has 0 atom stereocenters. The number of sulfonamides is 1. The molecule has 1 aromatic carbocycles. The van der Waals surface area contributed by atoms with E-state index in [0.717, 1.165) is 35.6 Å². The first-order valence-electron chi connectivity index (χ1n) is 11.5. The summed E-state index contributed by atoms with van der Waals surface area (Å²) in [6.45, 7) is 9.08. The van der Waals surface area contributed by atoms with Crippen molar-refractivity contribution in [3.8, 4) is 16.2 Å². The lowest BCUT2D eigenvalue weighted by atomic mass is 9.86. The molecular formula is C24H35N3O5S2. The van der Waals surface area contributed by atoms with Crippen molar-refractivity contribution in [3.63, 3.8) is 0 Å². The van der Waals surface area contributed by atoms with Crippen LogP contribution in [0.4, 0.5) is 4.79 Å². The topological polar surface area (TPSA) is 107 Å². The Morgan fingerprint density at radius 1 is 1.18 bits per heavy atom. The third-order valence-electron chi connectivity index (χ3n) is 5.45. The summed E-state index contributed by atoms with van der Waals surface area (Å²) in [6.07, 6.45) is 4.75. The SMILES string of the molecule is COc1ccc(-c2cnc(C3CCC(NC(=O)OC(C)C)CC3)s2)c(S(=O)(=O)NC(C)(C)C)c1. The molecule has 1 heterocycles. The van der Waals surface area contributed by atoms with Gasteiger partial charge in [0.25, 0.3) is 0 Å². The molecule has 3 rings (SSSR count). The average Bonchev–Trinajstić information content (AvgIpc) is 3.21. The number of carbonyl (C=O) groups excluding carboxylic acids is 1. The number of aromatic nitrogens is 1. The van der Waals surface area contributed by atoms with Crippen molar-refractivity contribution in [2.75, 3.05) is 7.11 Å². The van der Waals surface area contributed by atoms with Gasteiger partial charge in [-0.2, -0.15) is 0 Å². The van der Waals surface area contributed by atoms with Crippen LogP contribution < -0.4 is 14.8 Å². The van der Waals surface area contributed by atoms with Crippen molar-refractivity contribution in [2.24, 2.45) is 0 Å². The van der Waals surface area contributed by atoms with Gasteiger partial charge < -0.3 is 14.8 Å². The van der Waals surface area contributed by atoms with Gasteiger partial charge in [0.1, 0.15) is 5.75 Å². The first-order valence-corrected chi connectivity index (χ1v) is 13.8. The van der Waals surface area contributed by atoms with Gasteiger partial charge >= 0.3 is 6.09 Å². The number of benzene rings is 1. The predicted molar refractivity (Wildman–Crippen MR) is 134 cm³/mol. The van der Waals surface area contributed by atoms with Crippen molar-refractivity contribution in [1.29, 1.82) is 0 Å². The summed E-state index contributed by atoms with van der Waals surface area (Å²) in [4.78, 5) is 17.5. The molecule has 8 nitrogen and oxygen atoms in total. The minimum Gasteiger partial charge on any atom is -0.497 e. The molecule has 0 bridgehead atoms. The Balaban J connectivity index is 1.77. The first-order chi connectivity index (χ1) is 15.9. The Bertz CT molecular complexity index is 1100. The van der Waals surface area contributed by atoms with Crippen molar-refractivity contribution < 1.29 is 22.7 Å². The zero-order valence-electron chi connectivity index (χ0n) is 20.7. The number of hydrogen-bond donors (Lipinski definition) is 2. The fourth-order valence-electron chi connectivity index (χ4n) is 4.01. The van der Waals surface area contributed by atoms with E-state index >= 15 is 0 Å². The van der Waals surface area contributed by atoms with E-state index in [4.69, 9.17) is 9.47 Å². The molecule has 1 fully saturated rings. The van der Waals surface area contributed by atoms with Crippen LogP contribution in [0.3, 0.4) is 0 Å². The highest BCUT2D eigenvalue weighted by atomic mass is 32.2. The van der Waals surface area contributed by atoms with Crippen molar-refractivity contribution >= 4 is 27.5 Å². The lowest BCUT2D eigenvalue weighted by Gasteiger charge is -2.28. The number of rotatable bonds is 7. The summed E-state index contributed by atoms with van der Waals surface area (Å²) >= 11 is 1.52. The van der Waals surface area contributed by atoms with E-state index in [0.29, 0.717) is 11.3 Å². The van der Waals surface area contributed by atoms with Crippen molar-refractivity contribution in [2.45, 2.75) is 88.8 Å². The summed E-state index contributed by atoms with van der Waals surface area (Å²) in [5.74, 6) is 0.758. The van der Waals surface area contributed by atoms with Crippen molar-refractivity contribution in [3.05, 3.63) is 29.4 Å². The number of methoxy groups -OCH3 is 1. The molecule has 188 valence electrons. The normalized spacial score (nSPS) is 19.1. The number of thiazole rings is 1. The second kappa shape index (κ2) is 10.6. The molecule has 34 heavy (non-hydrogen) atoms. The van der Waals surface area contributed by atoms with Gasteiger partial charge in [0.15, 0.2) is 0 Å². The van der Waals surface area contributed by atoms with Gasteiger partial charge in [-0.1, -0.05) is 0 Å². The largest absolute Gasteiger partial charge is 0.497 e. The van der Waals surface area contributed by atoms with Gasteiger partial charge in [-0.15, -0.1) is 11.3 Å². The summed E-state index contributed by atoms with van der Waals surface area (Å²) in [5, 5.41) is 3.93. The summed E-state index contributed by atoms with van der Waals surface area (Å²) in [7, 11) is -2.26. The molecule has 0 unspecified atom stereocenters. The Hall–Kier alpha value is -2.17. The zero-order chi connectivity index (χ0) is 25.1. The van der Waals surface area contributed by atoms with E-state index in [1.165, 1.54) is 18.4 Å². The number of carbonyl (C=O) groups is 1. The monoisotopic (exact) mass is 509 g/mol. The van der Waals surface area contributed by atoms with Crippen LogP contribution in [0.5, 0.6) is 5.75 Å². The standard InChI is InChI=1S/C24H35N3O5S2/c1-15(2)32-23(28)26-17-9-7-16(8-10-17)22-25-14-20(33-22)19-12-11-18(31-6)13-21(19)34(29,30)27-24(3,4)5/h11-17,27H,7-10H2,1-6H3,(H,26,28). The van der Waals surface area contributed by atoms with E-state index in [1.807, 2.05) is 34.6 Å². The number of nitrogens with one attached hydrogen (secondary N) is 2. The van der Waals surface area contributed by atoms with E-state index < -0.39 is 15.6 Å². The Morgan fingerprint density at radius 3 is 2.44 bits per heavy atom. The number of nitrogens with zero attached hydrogens (tertiary/aromatic N) is 1. The summed E-state index contributed by atoms with van der Waals surface area (Å²) < 4.78 is 39.6. The van der Waals surface area contributed by atoms with Gasteiger partial charge in [0, 0.05) is 35.3 Å².